The number of rotatable bonds is 4. The summed E-state index contributed by atoms with van der Waals surface area (Å²) in [7, 11) is 1.54. The highest BCUT2D eigenvalue weighted by molar-refractivity contribution is 7.99. The van der Waals surface area contributed by atoms with Gasteiger partial charge < -0.3 is 5.11 Å². The number of halogens is 2. The Morgan fingerprint density at radius 2 is 2.00 bits per heavy atom. The van der Waals surface area contributed by atoms with Crippen molar-refractivity contribution >= 4 is 17.7 Å². The Hall–Kier alpha value is -1.89. The van der Waals surface area contributed by atoms with Crippen LogP contribution in [0.25, 0.3) is 11.3 Å². The SMILES string of the molecule is Cn1nc(-c2ccc(SC(F)F)cc2)cc1C(=O)O. The normalized spacial score (nSPS) is 10.9. The molecule has 0 fully saturated rings. The summed E-state index contributed by atoms with van der Waals surface area (Å²) in [5.41, 5.74) is 1.25. The first-order chi connectivity index (χ1) is 8.97. The minimum absolute atomic E-state index is 0.0704. The minimum atomic E-state index is -2.46. The number of hydrogen-bond donors (Lipinski definition) is 1. The first-order valence-electron chi connectivity index (χ1n) is 5.30. The molecule has 1 N–H and O–H groups in total. The van der Waals surface area contributed by atoms with E-state index in [0.29, 0.717) is 27.9 Å². The summed E-state index contributed by atoms with van der Waals surface area (Å²) in [4.78, 5) is 11.3. The van der Waals surface area contributed by atoms with Gasteiger partial charge in [-0.05, 0) is 18.2 Å². The summed E-state index contributed by atoms with van der Waals surface area (Å²) in [6.07, 6.45) is 0. The molecule has 0 atom stereocenters. The number of aryl methyl sites for hydroxylation is 1. The van der Waals surface area contributed by atoms with Crippen LogP contribution in [-0.4, -0.2) is 26.6 Å². The number of aromatic carboxylic acids is 1. The van der Waals surface area contributed by atoms with Crippen LogP contribution < -0.4 is 0 Å². The van der Waals surface area contributed by atoms with E-state index in [1.54, 1.807) is 24.3 Å². The van der Waals surface area contributed by atoms with E-state index in [0.717, 1.165) is 0 Å². The molecule has 2 rings (SSSR count). The summed E-state index contributed by atoms with van der Waals surface area (Å²) in [6.45, 7) is 0. The van der Waals surface area contributed by atoms with Crippen LogP contribution in [0.5, 0.6) is 0 Å². The molecule has 0 saturated heterocycles. The molecule has 0 spiro atoms. The van der Waals surface area contributed by atoms with Crippen molar-refractivity contribution in [1.29, 1.82) is 0 Å². The molecule has 0 amide bonds. The lowest BCUT2D eigenvalue weighted by Crippen LogP contribution is -2.04. The third-order valence-corrected chi connectivity index (χ3v) is 3.20. The number of carboxylic acid groups (broad SMARTS) is 1. The molecule has 0 unspecified atom stereocenters. The van der Waals surface area contributed by atoms with Crippen LogP contribution in [0.15, 0.2) is 35.2 Å². The molecule has 19 heavy (non-hydrogen) atoms. The number of benzene rings is 1. The van der Waals surface area contributed by atoms with Crippen LogP contribution in [0.1, 0.15) is 10.5 Å². The Morgan fingerprint density at radius 3 is 2.47 bits per heavy atom. The van der Waals surface area contributed by atoms with Crippen LogP contribution in [0.3, 0.4) is 0 Å². The Bertz CT molecular complexity index is 596. The maximum Gasteiger partial charge on any atom is 0.354 e. The quantitative estimate of drug-likeness (QED) is 0.876. The second kappa shape index (κ2) is 5.40. The first kappa shape index (κ1) is 13.5. The Labute approximate surface area is 112 Å². The molecule has 1 aromatic carbocycles. The van der Waals surface area contributed by atoms with Gasteiger partial charge in [-0.15, -0.1) is 0 Å². The summed E-state index contributed by atoms with van der Waals surface area (Å²) in [5, 5.41) is 13.0. The predicted octanol–water partition coefficient (Wildman–Crippen LogP) is 3.10. The lowest BCUT2D eigenvalue weighted by atomic mass is 10.1. The van der Waals surface area contributed by atoms with E-state index < -0.39 is 11.7 Å². The standard InChI is InChI=1S/C12H10F2N2O2S/c1-16-10(11(17)18)6-9(15-16)7-2-4-8(5-3-7)19-12(13)14/h2-6,12H,1H3,(H,17,18). The molecule has 1 aromatic heterocycles. The number of hydrogen-bond acceptors (Lipinski definition) is 3. The zero-order chi connectivity index (χ0) is 14.0. The monoisotopic (exact) mass is 284 g/mol. The molecule has 0 saturated carbocycles. The Morgan fingerprint density at radius 1 is 1.37 bits per heavy atom. The molecule has 1 heterocycles. The number of aromatic nitrogens is 2. The van der Waals surface area contributed by atoms with Crippen molar-refractivity contribution in [2.45, 2.75) is 10.7 Å². The van der Waals surface area contributed by atoms with E-state index in [2.05, 4.69) is 5.10 Å². The van der Waals surface area contributed by atoms with Gasteiger partial charge in [-0.25, -0.2) is 4.79 Å². The summed E-state index contributed by atoms with van der Waals surface area (Å²) in [6, 6.07) is 7.83. The van der Waals surface area contributed by atoms with Crippen molar-refractivity contribution < 1.29 is 18.7 Å². The zero-order valence-electron chi connectivity index (χ0n) is 9.88. The number of thioether (sulfide) groups is 1. The van der Waals surface area contributed by atoms with E-state index >= 15 is 0 Å². The van der Waals surface area contributed by atoms with Crippen LogP contribution >= 0.6 is 11.8 Å². The van der Waals surface area contributed by atoms with E-state index in [1.165, 1.54) is 17.8 Å². The molecule has 100 valence electrons. The van der Waals surface area contributed by atoms with Crippen molar-refractivity contribution in [3.05, 3.63) is 36.0 Å². The van der Waals surface area contributed by atoms with E-state index in [1.807, 2.05) is 0 Å². The summed E-state index contributed by atoms with van der Waals surface area (Å²) in [5.74, 6) is -3.52. The average molecular weight is 284 g/mol. The van der Waals surface area contributed by atoms with Gasteiger partial charge in [0, 0.05) is 17.5 Å². The maximum atomic E-state index is 12.2. The van der Waals surface area contributed by atoms with Crippen molar-refractivity contribution in [1.82, 2.24) is 9.78 Å². The third kappa shape index (κ3) is 3.11. The largest absolute Gasteiger partial charge is 0.477 e. The second-order valence-electron chi connectivity index (χ2n) is 3.75. The van der Waals surface area contributed by atoms with Gasteiger partial charge in [0.05, 0.1) is 5.69 Å². The fourth-order valence-electron chi connectivity index (χ4n) is 1.62. The van der Waals surface area contributed by atoms with Gasteiger partial charge in [-0.1, -0.05) is 23.9 Å². The molecule has 0 aliphatic heterocycles. The van der Waals surface area contributed by atoms with Crippen molar-refractivity contribution in [3.63, 3.8) is 0 Å². The first-order valence-corrected chi connectivity index (χ1v) is 6.18. The molecular weight excluding hydrogens is 274 g/mol. The molecular formula is C12H10F2N2O2S. The van der Waals surface area contributed by atoms with Gasteiger partial charge in [-0.2, -0.15) is 13.9 Å². The van der Waals surface area contributed by atoms with Gasteiger partial charge in [0.25, 0.3) is 5.76 Å². The summed E-state index contributed by atoms with van der Waals surface area (Å²) >= 11 is 0.463. The number of nitrogens with zero attached hydrogens (tertiary/aromatic N) is 2. The fourth-order valence-corrected chi connectivity index (χ4v) is 2.11. The lowest BCUT2D eigenvalue weighted by Gasteiger charge is -2.01. The average Bonchev–Trinajstić information content (AvgIpc) is 2.71. The van der Waals surface area contributed by atoms with E-state index in [4.69, 9.17) is 5.11 Å². The van der Waals surface area contributed by atoms with Crippen LogP contribution in [0, 0.1) is 0 Å². The fraction of sp³-hybridized carbons (Fsp3) is 0.167. The van der Waals surface area contributed by atoms with Crippen LogP contribution in [-0.2, 0) is 7.05 Å². The topological polar surface area (TPSA) is 55.1 Å². The molecule has 4 nitrogen and oxygen atoms in total. The zero-order valence-corrected chi connectivity index (χ0v) is 10.7. The van der Waals surface area contributed by atoms with Gasteiger partial charge in [0.2, 0.25) is 0 Å². The highest BCUT2D eigenvalue weighted by Gasteiger charge is 2.13. The smallest absolute Gasteiger partial charge is 0.354 e. The van der Waals surface area contributed by atoms with Gasteiger partial charge in [-0.3, -0.25) is 4.68 Å². The number of carboxylic acids is 1. The number of carbonyl (C=O) groups is 1. The molecule has 0 bridgehead atoms. The van der Waals surface area contributed by atoms with E-state index in [9.17, 15) is 13.6 Å². The Kier molecular flexibility index (Phi) is 3.84. The molecule has 2 aromatic rings. The maximum absolute atomic E-state index is 12.2. The highest BCUT2D eigenvalue weighted by Crippen LogP contribution is 2.27. The van der Waals surface area contributed by atoms with Gasteiger partial charge >= 0.3 is 5.97 Å². The van der Waals surface area contributed by atoms with Gasteiger partial charge in [0.15, 0.2) is 0 Å². The second-order valence-corrected chi connectivity index (χ2v) is 4.81. The number of alkyl halides is 2. The lowest BCUT2D eigenvalue weighted by molar-refractivity contribution is 0.0685. The summed E-state index contributed by atoms with van der Waals surface area (Å²) < 4.78 is 25.6. The van der Waals surface area contributed by atoms with Gasteiger partial charge in [0.1, 0.15) is 5.69 Å². The minimum Gasteiger partial charge on any atom is -0.477 e. The highest BCUT2D eigenvalue weighted by atomic mass is 32.2. The van der Waals surface area contributed by atoms with Crippen molar-refractivity contribution in [2.24, 2.45) is 7.05 Å². The van der Waals surface area contributed by atoms with Crippen molar-refractivity contribution in [3.8, 4) is 11.3 Å². The van der Waals surface area contributed by atoms with Crippen molar-refractivity contribution in [2.75, 3.05) is 0 Å². The molecule has 0 aliphatic carbocycles. The van der Waals surface area contributed by atoms with Crippen LogP contribution in [0.4, 0.5) is 8.78 Å². The Balaban J connectivity index is 2.27. The van der Waals surface area contributed by atoms with Crippen LogP contribution in [0.2, 0.25) is 0 Å². The molecule has 0 aliphatic rings. The molecule has 7 heteroatoms. The molecule has 0 radical (unpaired) electrons. The predicted molar refractivity (Wildman–Crippen MR) is 67.5 cm³/mol. The third-order valence-electron chi connectivity index (χ3n) is 2.47. The van der Waals surface area contributed by atoms with E-state index in [-0.39, 0.29) is 5.69 Å².